The topological polar surface area (TPSA) is 15.7 Å². The number of fused-ring (bicyclic) bond motifs is 2. The highest BCUT2D eigenvalue weighted by atomic mass is 19.1. The van der Waals surface area contributed by atoms with E-state index >= 15 is 0 Å². The zero-order chi connectivity index (χ0) is 18.8. The summed E-state index contributed by atoms with van der Waals surface area (Å²) < 4.78 is 32.8. The van der Waals surface area contributed by atoms with Crippen molar-refractivity contribution in [1.29, 1.82) is 0 Å². The highest BCUT2D eigenvalue weighted by Crippen LogP contribution is 2.29. The molecule has 0 N–H and O–H groups in total. The van der Waals surface area contributed by atoms with Crippen LogP contribution < -0.4 is 0 Å². The van der Waals surface area contributed by atoms with Crippen LogP contribution in [0.4, 0.5) is 8.78 Å². The van der Waals surface area contributed by atoms with Crippen molar-refractivity contribution in [3.05, 3.63) is 71.3 Å². The molecule has 27 heavy (non-hydrogen) atoms. The van der Waals surface area contributed by atoms with Crippen LogP contribution in [0.2, 0.25) is 0 Å². The van der Waals surface area contributed by atoms with Crippen LogP contribution in [-0.2, 0) is 4.74 Å². The molecule has 2 atom stereocenters. The third kappa shape index (κ3) is 4.21. The lowest BCUT2D eigenvalue weighted by Crippen LogP contribution is -2.52. The summed E-state index contributed by atoms with van der Waals surface area (Å²) in [5, 5.41) is 0. The van der Waals surface area contributed by atoms with Gasteiger partial charge in [-0.2, -0.15) is 0 Å². The number of halogens is 2. The molecule has 0 aliphatic carbocycles. The number of ether oxygens (including phenoxy) is 1. The SMILES string of the molecule is CN1C2CCC1CN(CCOC(c1ccc(F)cc1)c1ccc(F)cc1)C2. The summed E-state index contributed by atoms with van der Waals surface area (Å²) >= 11 is 0. The summed E-state index contributed by atoms with van der Waals surface area (Å²) in [6, 6.07) is 14.0. The summed E-state index contributed by atoms with van der Waals surface area (Å²) in [7, 11) is 2.23. The van der Waals surface area contributed by atoms with Crippen LogP contribution in [0.15, 0.2) is 48.5 Å². The standard InChI is InChI=1S/C22H26F2N2O/c1-25-20-10-11-21(25)15-26(14-20)12-13-27-22(16-2-6-18(23)7-3-16)17-4-8-19(24)9-5-17/h2-9,20-22H,10-15H2,1H3. The molecular formula is C22H26F2N2O. The van der Waals surface area contributed by atoms with Crippen LogP contribution in [0, 0.1) is 11.6 Å². The number of likely N-dealkylation sites (tertiary alicyclic amines) is 1. The van der Waals surface area contributed by atoms with Crippen LogP contribution in [-0.4, -0.2) is 55.2 Å². The molecule has 2 bridgehead atoms. The van der Waals surface area contributed by atoms with Gasteiger partial charge >= 0.3 is 0 Å². The normalized spacial score (nSPS) is 23.3. The average molecular weight is 372 g/mol. The molecular weight excluding hydrogens is 346 g/mol. The molecule has 0 amide bonds. The molecule has 2 saturated heterocycles. The fourth-order valence-electron chi connectivity index (χ4n) is 4.34. The maximum atomic E-state index is 13.3. The first-order valence-corrected chi connectivity index (χ1v) is 9.67. The van der Waals surface area contributed by atoms with Gasteiger partial charge in [0.1, 0.15) is 17.7 Å². The van der Waals surface area contributed by atoms with Gasteiger partial charge in [-0.05, 0) is 55.3 Å². The smallest absolute Gasteiger partial charge is 0.123 e. The van der Waals surface area contributed by atoms with E-state index in [1.54, 1.807) is 24.3 Å². The average Bonchev–Trinajstić information content (AvgIpc) is 2.88. The van der Waals surface area contributed by atoms with Crippen LogP contribution >= 0.6 is 0 Å². The molecule has 2 aromatic carbocycles. The molecule has 3 nitrogen and oxygen atoms in total. The fraction of sp³-hybridized carbons (Fsp3) is 0.455. The van der Waals surface area contributed by atoms with E-state index in [0.717, 1.165) is 30.8 Å². The van der Waals surface area contributed by atoms with Gasteiger partial charge < -0.3 is 4.74 Å². The number of piperazine rings is 1. The number of likely N-dealkylation sites (N-methyl/N-ethyl adjacent to an activating group) is 1. The van der Waals surface area contributed by atoms with Gasteiger partial charge in [0, 0.05) is 31.7 Å². The Labute approximate surface area is 159 Å². The quantitative estimate of drug-likeness (QED) is 0.766. The second-order valence-electron chi connectivity index (χ2n) is 7.66. The van der Waals surface area contributed by atoms with Crippen LogP contribution in [0.5, 0.6) is 0 Å². The number of rotatable bonds is 6. The highest BCUT2D eigenvalue weighted by molar-refractivity contribution is 5.30. The lowest BCUT2D eigenvalue weighted by molar-refractivity contribution is 0.0317. The molecule has 2 unspecified atom stereocenters. The zero-order valence-electron chi connectivity index (χ0n) is 15.7. The summed E-state index contributed by atoms with van der Waals surface area (Å²) in [6.45, 7) is 3.64. The van der Waals surface area contributed by atoms with Gasteiger partial charge in [-0.25, -0.2) is 8.78 Å². The van der Waals surface area contributed by atoms with Gasteiger partial charge in [-0.3, -0.25) is 9.80 Å². The Morgan fingerprint density at radius 3 is 1.85 bits per heavy atom. The van der Waals surface area contributed by atoms with Crippen molar-refractivity contribution in [2.24, 2.45) is 0 Å². The lowest BCUT2D eigenvalue weighted by atomic mass is 10.0. The van der Waals surface area contributed by atoms with Gasteiger partial charge in [0.25, 0.3) is 0 Å². The third-order valence-corrected chi connectivity index (χ3v) is 5.96. The van der Waals surface area contributed by atoms with E-state index in [2.05, 4.69) is 16.8 Å². The molecule has 2 aliphatic heterocycles. The molecule has 2 aliphatic rings. The van der Waals surface area contributed by atoms with E-state index in [-0.39, 0.29) is 17.7 Å². The van der Waals surface area contributed by atoms with E-state index in [1.807, 2.05) is 0 Å². The Morgan fingerprint density at radius 2 is 1.37 bits per heavy atom. The predicted octanol–water partition coefficient (Wildman–Crippen LogP) is 3.85. The second-order valence-corrected chi connectivity index (χ2v) is 7.66. The molecule has 2 heterocycles. The molecule has 5 heteroatoms. The molecule has 0 saturated carbocycles. The minimum atomic E-state index is -0.324. The second kappa shape index (κ2) is 8.05. The molecule has 0 radical (unpaired) electrons. The van der Waals surface area contributed by atoms with E-state index < -0.39 is 0 Å². The Bertz CT molecular complexity index is 690. The largest absolute Gasteiger partial charge is 0.367 e. The molecule has 144 valence electrons. The minimum Gasteiger partial charge on any atom is -0.367 e. The Hall–Kier alpha value is -1.82. The van der Waals surface area contributed by atoms with Gasteiger partial charge in [0.2, 0.25) is 0 Å². The first-order valence-electron chi connectivity index (χ1n) is 9.67. The van der Waals surface area contributed by atoms with E-state index in [1.165, 1.54) is 37.1 Å². The van der Waals surface area contributed by atoms with Crippen molar-refractivity contribution >= 4 is 0 Å². The lowest BCUT2D eigenvalue weighted by Gasteiger charge is -2.39. The number of nitrogens with zero attached hydrogens (tertiary/aromatic N) is 2. The molecule has 0 aromatic heterocycles. The number of benzene rings is 2. The first-order chi connectivity index (χ1) is 13.1. The molecule has 2 fully saturated rings. The van der Waals surface area contributed by atoms with Crippen molar-refractivity contribution in [3.8, 4) is 0 Å². The Balaban J connectivity index is 1.42. The van der Waals surface area contributed by atoms with Gasteiger partial charge in [0.05, 0.1) is 6.61 Å². The van der Waals surface area contributed by atoms with Crippen molar-refractivity contribution in [1.82, 2.24) is 9.80 Å². The molecule has 0 spiro atoms. The Kier molecular flexibility index (Phi) is 5.53. The van der Waals surface area contributed by atoms with Gasteiger partial charge in [0.15, 0.2) is 0 Å². The summed E-state index contributed by atoms with van der Waals surface area (Å²) in [5.41, 5.74) is 1.75. The summed E-state index contributed by atoms with van der Waals surface area (Å²) in [4.78, 5) is 4.99. The third-order valence-electron chi connectivity index (χ3n) is 5.96. The Morgan fingerprint density at radius 1 is 0.889 bits per heavy atom. The van der Waals surface area contributed by atoms with Gasteiger partial charge in [-0.1, -0.05) is 24.3 Å². The molecule has 4 rings (SSSR count). The van der Waals surface area contributed by atoms with E-state index in [0.29, 0.717) is 18.7 Å². The van der Waals surface area contributed by atoms with Crippen LogP contribution in [0.3, 0.4) is 0 Å². The maximum Gasteiger partial charge on any atom is 0.123 e. The van der Waals surface area contributed by atoms with Crippen molar-refractivity contribution < 1.29 is 13.5 Å². The minimum absolute atomic E-state index is 0.274. The predicted molar refractivity (Wildman–Crippen MR) is 102 cm³/mol. The number of hydrogen-bond acceptors (Lipinski definition) is 3. The van der Waals surface area contributed by atoms with E-state index in [9.17, 15) is 8.78 Å². The first kappa shape index (κ1) is 18.5. The van der Waals surface area contributed by atoms with Crippen molar-refractivity contribution in [2.75, 3.05) is 33.3 Å². The summed E-state index contributed by atoms with van der Waals surface area (Å²) in [6.07, 6.45) is 2.24. The van der Waals surface area contributed by atoms with Crippen LogP contribution in [0.25, 0.3) is 0 Å². The van der Waals surface area contributed by atoms with Crippen molar-refractivity contribution in [3.63, 3.8) is 0 Å². The van der Waals surface area contributed by atoms with Gasteiger partial charge in [-0.15, -0.1) is 0 Å². The van der Waals surface area contributed by atoms with Crippen molar-refractivity contribution in [2.45, 2.75) is 31.0 Å². The highest BCUT2D eigenvalue weighted by Gasteiger charge is 2.37. The monoisotopic (exact) mass is 372 g/mol. The maximum absolute atomic E-state index is 13.3. The van der Waals surface area contributed by atoms with E-state index in [4.69, 9.17) is 4.74 Å². The van der Waals surface area contributed by atoms with Crippen LogP contribution in [0.1, 0.15) is 30.1 Å². The fourth-order valence-corrected chi connectivity index (χ4v) is 4.34. The zero-order valence-corrected chi connectivity index (χ0v) is 15.7. The number of hydrogen-bond donors (Lipinski definition) is 0. The molecule has 2 aromatic rings. The summed E-state index contributed by atoms with van der Waals surface area (Å²) in [5.74, 6) is -0.547.